The average Bonchev–Trinajstić information content (AvgIpc) is 2.58. The molecule has 1 atom stereocenters. The van der Waals surface area contributed by atoms with Crippen LogP contribution in [0.15, 0.2) is 12.4 Å². The zero-order chi connectivity index (χ0) is 12.2. The fraction of sp³-hybridized carbons (Fsp3) is 0.667. The van der Waals surface area contributed by atoms with Crippen molar-refractivity contribution in [2.45, 2.75) is 32.4 Å². The lowest BCUT2D eigenvalue weighted by Crippen LogP contribution is -2.14. The van der Waals surface area contributed by atoms with E-state index in [4.69, 9.17) is 10.3 Å². The molecule has 1 unspecified atom stereocenters. The first-order chi connectivity index (χ1) is 7.40. The molecule has 1 aromatic heterocycles. The summed E-state index contributed by atoms with van der Waals surface area (Å²) in [4.78, 5) is 4.11. The van der Waals surface area contributed by atoms with Crippen LogP contribution < -0.4 is 5.73 Å². The fourth-order valence-electron chi connectivity index (χ4n) is 1.48. The number of nitrogens with zero attached hydrogens (tertiary/aromatic N) is 2. The molecule has 0 aliphatic rings. The SMILES string of the molecule is CC(N)c1nccn1CCCCS(=O)(=O)O. The minimum Gasteiger partial charge on any atom is -0.334 e. The molecule has 7 heteroatoms. The first-order valence-corrected chi connectivity index (χ1v) is 6.73. The summed E-state index contributed by atoms with van der Waals surface area (Å²) in [5, 5.41) is 0. The Bertz CT molecular complexity index is 425. The zero-order valence-corrected chi connectivity index (χ0v) is 10.0. The minimum absolute atomic E-state index is 0.142. The van der Waals surface area contributed by atoms with Gasteiger partial charge in [0.1, 0.15) is 5.82 Å². The Labute approximate surface area is 95.2 Å². The maximum absolute atomic E-state index is 10.5. The molecule has 0 spiro atoms. The first-order valence-electron chi connectivity index (χ1n) is 5.12. The molecule has 6 nitrogen and oxygen atoms in total. The van der Waals surface area contributed by atoms with Crippen LogP contribution in [0.1, 0.15) is 31.6 Å². The summed E-state index contributed by atoms with van der Waals surface area (Å²) in [6.07, 6.45) is 4.57. The van der Waals surface area contributed by atoms with Gasteiger partial charge in [-0.05, 0) is 19.8 Å². The molecule has 0 aromatic carbocycles. The van der Waals surface area contributed by atoms with Crippen molar-refractivity contribution in [1.29, 1.82) is 0 Å². The number of rotatable bonds is 6. The van der Waals surface area contributed by atoms with Gasteiger partial charge >= 0.3 is 0 Å². The van der Waals surface area contributed by atoms with Crippen molar-refractivity contribution in [3.05, 3.63) is 18.2 Å². The molecule has 1 heterocycles. The second-order valence-corrected chi connectivity index (χ2v) is 5.33. The van der Waals surface area contributed by atoms with Gasteiger partial charge in [0.15, 0.2) is 0 Å². The molecule has 0 aliphatic heterocycles. The molecule has 0 fully saturated rings. The van der Waals surface area contributed by atoms with Crippen molar-refractivity contribution in [1.82, 2.24) is 9.55 Å². The predicted octanol–water partition coefficient (Wildman–Crippen LogP) is 0.571. The molecule has 1 rings (SSSR count). The number of nitrogens with two attached hydrogens (primary N) is 1. The van der Waals surface area contributed by atoms with Crippen molar-refractivity contribution in [2.24, 2.45) is 5.73 Å². The molecular formula is C9H17N3O3S. The number of hydrogen-bond acceptors (Lipinski definition) is 4. The van der Waals surface area contributed by atoms with Crippen molar-refractivity contribution < 1.29 is 13.0 Å². The number of unbranched alkanes of at least 4 members (excludes halogenated alkanes) is 1. The Morgan fingerprint density at radius 1 is 1.56 bits per heavy atom. The monoisotopic (exact) mass is 247 g/mol. The summed E-state index contributed by atoms with van der Waals surface area (Å²) < 4.78 is 31.4. The Hall–Kier alpha value is -0.920. The third-order valence-corrected chi connectivity index (χ3v) is 3.01. The van der Waals surface area contributed by atoms with E-state index in [0.717, 1.165) is 5.82 Å². The number of aromatic nitrogens is 2. The van der Waals surface area contributed by atoms with Crippen LogP contribution >= 0.6 is 0 Å². The van der Waals surface area contributed by atoms with Crippen LogP contribution in [-0.2, 0) is 16.7 Å². The predicted molar refractivity (Wildman–Crippen MR) is 60.5 cm³/mol. The van der Waals surface area contributed by atoms with Gasteiger partial charge in [-0.1, -0.05) is 0 Å². The van der Waals surface area contributed by atoms with Crippen LogP contribution in [0.25, 0.3) is 0 Å². The highest BCUT2D eigenvalue weighted by Gasteiger charge is 2.08. The molecule has 0 saturated carbocycles. The number of aryl methyl sites for hydroxylation is 1. The van der Waals surface area contributed by atoms with E-state index >= 15 is 0 Å². The van der Waals surface area contributed by atoms with E-state index in [-0.39, 0.29) is 11.8 Å². The normalized spacial score (nSPS) is 13.9. The van der Waals surface area contributed by atoms with E-state index < -0.39 is 10.1 Å². The third kappa shape index (κ3) is 4.30. The van der Waals surface area contributed by atoms with Crippen LogP contribution in [-0.4, -0.2) is 28.3 Å². The van der Waals surface area contributed by atoms with Gasteiger partial charge in [-0.2, -0.15) is 8.42 Å². The molecule has 0 bridgehead atoms. The summed E-state index contributed by atoms with van der Waals surface area (Å²) in [5.74, 6) is 0.585. The van der Waals surface area contributed by atoms with Crippen molar-refractivity contribution in [3.63, 3.8) is 0 Å². The molecule has 16 heavy (non-hydrogen) atoms. The summed E-state index contributed by atoms with van der Waals surface area (Å²) >= 11 is 0. The van der Waals surface area contributed by atoms with Gasteiger partial charge in [0.2, 0.25) is 0 Å². The summed E-state index contributed by atoms with van der Waals surface area (Å²) in [7, 11) is -3.84. The molecule has 3 N–H and O–H groups in total. The first kappa shape index (κ1) is 13.1. The van der Waals surface area contributed by atoms with E-state index in [1.807, 2.05) is 17.7 Å². The Morgan fingerprint density at radius 2 is 2.25 bits per heavy atom. The smallest absolute Gasteiger partial charge is 0.264 e. The lowest BCUT2D eigenvalue weighted by Gasteiger charge is -2.09. The molecule has 0 aliphatic carbocycles. The summed E-state index contributed by atoms with van der Waals surface area (Å²) in [6.45, 7) is 2.50. The van der Waals surface area contributed by atoms with Crippen LogP contribution in [0.4, 0.5) is 0 Å². The zero-order valence-electron chi connectivity index (χ0n) is 9.20. The van der Waals surface area contributed by atoms with Gasteiger partial charge in [-0.25, -0.2) is 4.98 Å². The summed E-state index contributed by atoms with van der Waals surface area (Å²) in [6, 6.07) is -0.142. The number of hydrogen-bond donors (Lipinski definition) is 2. The molecular weight excluding hydrogens is 230 g/mol. The Kier molecular flexibility index (Phi) is 4.45. The fourth-order valence-corrected chi connectivity index (χ4v) is 2.04. The highest BCUT2D eigenvalue weighted by atomic mass is 32.2. The van der Waals surface area contributed by atoms with Crippen molar-refractivity contribution in [3.8, 4) is 0 Å². The van der Waals surface area contributed by atoms with E-state index in [1.54, 1.807) is 6.20 Å². The van der Waals surface area contributed by atoms with Gasteiger partial charge in [-0.3, -0.25) is 4.55 Å². The van der Waals surface area contributed by atoms with Crippen LogP contribution in [0.2, 0.25) is 0 Å². The van der Waals surface area contributed by atoms with Gasteiger partial charge in [0, 0.05) is 18.9 Å². The van der Waals surface area contributed by atoms with Crippen molar-refractivity contribution >= 4 is 10.1 Å². The van der Waals surface area contributed by atoms with Gasteiger partial charge in [-0.15, -0.1) is 0 Å². The highest BCUT2D eigenvalue weighted by Crippen LogP contribution is 2.08. The van der Waals surface area contributed by atoms with Gasteiger partial charge in [0.05, 0.1) is 11.8 Å². The molecule has 92 valence electrons. The topological polar surface area (TPSA) is 98.2 Å². The summed E-state index contributed by atoms with van der Waals surface area (Å²) in [5.41, 5.74) is 5.71. The molecule has 1 aromatic rings. The lowest BCUT2D eigenvalue weighted by molar-refractivity contribution is 0.477. The standard InChI is InChI=1S/C9H17N3O3S/c1-8(10)9-11-4-6-12(9)5-2-3-7-16(13,14)15/h4,6,8H,2-3,5,7,10H2,1H3,(H,13,14,15). The number of imidazole rings is 1. The largest absolute Gasteiger partial charge is 0.334 e. The molecule has 0 saturated heterocycles. The maximum Gasteiger partial charge on any atom is 0.264 e. The minimum atomic E-state index is -3.84. The second-order valence-electron chi connectivity index (χ2n) is 3.76. The maximum atomic E-state index is 10.5. The highest BCUT2D eigenvalue weighted by molar-refractivity contribution is 7.85. The van der Waals surface area contributed by atoms with Crippen LogP contribution in [0.5, 0.6) is 0 Å². The van der Waals surface area contributed by atoms with Crippen LogP contribution in [0, 0.1) is 0 Å². The van der Waals surface area contributed by atoms with Crippen LogP contribution in [0.3, 0.4) is 0 Å². The second kappa shape index (κ2) is 5.42. The third-order valence-electron chi connectivity index (χ3n) is 2.21. The molecule has 0 amide bonds. The van der Waals surface area contributed by atoms with Gasteiger partial charge in [0.25, 0.3) is 10.1 Å². The van der Waals surface area contributed by atoms with Crippen molar-refractivity contribution in [2.75, 3.05) is 5.75 Å². The van der Waals surface area contributed by atoms with Gasteiger partial charge < -0.3 is 10.3 Å². The van der Waals surface area contributed by atoms with E-state index in [2.05, 4.69) is 4.98 Å². The van der Waals surface area contributed by atoms with E-state index in [0.29, 0.717) is 19.4 Å². The van der Waals surface area contributed by atoms with E-state index in [9.17, 15) is 8.42 Å². The average molecular weight is 247 g/mol. The molecule has 0 radical (unpaired) electrons. The lowest BCUT2D eigenvalue weighted by atomic mass is 10.3. The Morgan fingerprint density at radius 3 is 2.81 bits per heavy atom. The van der Waals surface area contributed by atoms with E-state index in [1.165, 1.54) is 0 Å². The Balaban J connectivity index is 2.40. The quantitative estimate of drug-likeness (QED) is 0.565.